The van der Waals surface area contributed by atoms with Gasteiger partial charge < -0.3 is 4.74 Å². The van der Waals surface area contributed by atoms with Crippen molar-refractivity contribution in [1.82, 2.24) is 0 Å². The number of aryl methyl sites for hydroxylation is 1. The fourth-order valence-electron chi connectivity index (χ4n) is 2.51. The molecule has 116 valence electrons. The van der Waals surface area contributed by atoms with E-state index in [4.69, 9.17) is 4.74 Å². The summed E-state index contributed by atoms with van der Waals surface area (Å²) in [7, 11) is 0. The van der Waals surface area contributed by atoms with Crippen LogP contribution >= 0.6 is 23.5 Å². The quantitative estimate of drug-likeness (QED) is 0.488. The Hall–Kier alpha value is -0.900. The van der Waals surface area contributed by atoms with Gasteiger partial charge in [0, 0.05) is 32.8 Å². The summed E-state index contributed by atoms with van der Waals surface area (Å²) in [6, 6.07) is 15.6. The maximum Gasteiger partial charge on any atom is 0.0466 e. The minimum atomic E-state index is 0.895. The van der Waals surface area contributed by atoms with Crippen molar-refractivity contribution in [2.75, 3.05) is 13.2 Å². The van der Waals surface area contributed by atoms with Gasteiger partial charge in [0.25, 0.3) is 0 Å². The molecule has 0 saturated heterocycles. The highest BCUT2D eigenvalue weighted by Gasteiger charge is 2.16. The van der Waals surface area contributed by atoms with Gasteiger partial charge in [0.1, 0.15) is 0 Å². The molecule has 0 spiro atoms. The lowest BCUT2D eigenvalue weighted by Crippen LogP contribution is -1.97. The van der Waals surface area contributed by atoms with E-state index in [2.05, 4.69) is 49.4 Å². The van der Waals surface area contributed by atoms with Gasteiger partial charge in [-0.3, -0.25) is 0 Å². The Morgan fingerprint density at radius 3 is 2.32 bits per heavy atom. The largest absolute Gasteiger partial charge is 0.381 e. The number of benzene rings is 2. The SMILES string of the molecule is CCCOCCCCc1ccc2c(c1)Sc1ccccc1S2. The van der Waals surface area contributed by atoms with E-state index < -0.39 is 0 Å². The maximum absolute atomic E-state index is 5.54. The average Bonchev–Trinajstić information content (AvgIpc) is 2.56. The molecule has 0 aromatic heterocycles. The second kappa shape index (κ2) is 8.09. The van der Waals surface area contributed by atoms with Crippen LogP contribution in [0.25, 0.3) is 0 Å². The van der Waals surface area contributed by atoms with E-state index in [1.807, 2.05) is 23.5 Å². The van der Waals surface area contributed by atoms with E-state index in [9.17, 15) is 0 Å². The molecule has 3 heteroatoms. The lowest BCUT2D eigenvalue weighted by Gasteiger charge is -2.18. The molecule has 3 rings (SSSR count). The zero-order chi connectivity index (χ0) is 15.2. The van der Waals surface area contributed by atoms with Gasteiger partial charge in [-0.15, -0.1) is 0 Å². The van der Waals surface area contributed by atoms with Crippen LogP contribution < -0.4 is 0 Å². The van der Waals surface area contributed by atoms with E-state index in [0.29, 0.717) is 0 Å². The topological polar surface area (TPSA) is 9.23 Å². The monoisotopic (exact) mass is 330 g/mol. The molecule has 0 N–H and O–H groups in total. The first-order valence-electron chi connectivity index (χ1n) is 8.02. The van der Waals surface area contributed by atoms with Gasteiger partial charge in [-0.1, -0.05) is 48.6 Å². The summed E-state index contributed by atoms with van der Waals surface area (Å²) in [6.45, 7) is 3.95. The molecule has 0 atom stereocenters. The van der Waals surface area contributed by atoms with Crippen molar-refractivity contribution in [2.24, 2.45) is 0 Å². The second-order valence-electron chi connectivity index (χ2n) is 5.50. The Balaban J connectivity index is 1.56. The first kappa shape index (κ1) is 16.0. The number of hydrogen-bond donors (Lipinski definition) is 0. The Bertz CT molecular complexity index is 625. The van der Waals surface area contributed by atoms with Gasteiger partial charge in [-0.25, -0.2) is 0 Å². The van der Waals surface area contributed by atoms with Crippen LogP contribution in [0.3, 0.4) is 0 Å². The molecule has 0 bridgehead atoms. The van der Waals surface area contributed by atoms with Crippen molar-refractivity contribution in [3.05, 3.63) is 48.0 Å². The summed E-state index contributed by atoms with van der Waals surface area (Å²) in [5, 5.41) is 0. The molecular weight excluding hydrogens is 308 g/mol. The highest BCUT2D eigenvalue weighted by molar-refractivity contribution is 8.05. The third-order valence-electron chi connectivity index (χ3n) is 3.65. The Kier molecular flexibility index (Phi) is 5.88. The highest BCUT2D eigenvalue weighted by Crippen LogP contribution is 2.48. The molecule has 2 aromatic rings. The van der Waals surface area contributed by atoms with Crippen LogP contribution in [-0.2, 0) is 11.2 Å². The first-order chi connectivity index (χ1) is 10.9. The van der Waals surface area contributed by atoms with Crippen molar-refractivity contribution < 1.29 is 4.74 Å². The van der Waals surface area contributed by atoms with E-state index in [0.717, 1.165) is 32.5 Å². The summed E-state index contributed by atoms with van der Waals surface area (Å²) in [4.78, 5) is 5.55. The van der Waals surface area contributed by atoms with Crippen LogP contribution in [0.4, 0.5) is 0 Å². The van der Waals surface area contributed by atoms with Crippen LogP contribution in [-0.4, -0.2) is 13.2 Å². The number of rotatable bonds is 7. The predicted molar refractivity (Wildman–Crippen MR) is 95.2 cm³/mol. The van der Waals surface area contributed by atoms with Gasteiger partial charge in [-0.2, -0.15) is 0 Å². The smallest absolute Gasteiger partial charge is 0.0466 e. The Morgan fingerprint density at radius 1 is 0.818 bits per heavy atom. The van der Waals surface area contributed by atoms with Gasteiger partial charge in [0.05, 0.1) is 0 Å². The predicted octanol–water partition coefficient (Wildman–Crippen LogP) is 6.05. The summed E-state index contributed by atoms with van der Waals surface area (Å²) in [6.07, 6.45) is 4.62. The zero-order valence-corrected chi connectivity index (χ0v) is 14.6. The van der Waals surface area contributed by atoms with Gasteiger partial charge in [-0.05, 0) is 55.5 Å². The maximum atomic E-state index is 5.54. The fourth-order valence-corrected chi connectivity index (χ4v) is 4.79. The molecule has 22 heavy (non-hydrogen) atoms. The molecule has 0 fully saturated rings. The van der Waals surface area contributed by atoms with Crippen LogP contribution in [0.5, 0.6) is 0 Å². The van der Waals surface area contributed by atoms with Crippen molar-refractivity contribution in [1.29, 1.82) is 0 Å². The fraction of sp³-hybridized carbons (Fsp3) is 0.368. The minimum Gasteiger partial charge on any atom is -0.381 e. The van der Waals surface area contributed by atoms with Gasteiger partial charge in [0.15, 0.2) is 0 Å². The normalized spacial score (nSPS) is 12.8. The van der Waals surface area contributed by atoms with Crippen molar-refractivity contribution >= 4 is 23.5 Å². The molecule has 1 nitrogen and oxygen atoms in total. The lowest BCUT2D eigenvalue weighted by atomic mass is 10.1. The summed E-state index contributed by atoms with van der Waals surface area (Å²) in [5.41, 5.74) is 1.45. The van der Waals surface area contributed by atoms with Crippen molar-refractivity contribution in [3.63, 3.8) is 0 Å². The molecular formula is C19H22OS2. The number of fused-ring (bicyclic) bond motifs is 2. The molecule has 0 aliphatic carbocycles. The van der Waals surface area contributed by atoms with Gasteiger partial charge in [0.2, 0.25) is 0 Å². The third-order valence-corrected chi connectivity index (χ3v) is 6.19. The molecule has 0 amide bonds. The minimum absolute atomic E-state index is 0.895. The zero-order valence-electron chi connectivity index (χ0n) is 13.0. The molecule has 0 unspecified atom stereocenters. The van der Waals surface area contributed by atoms with E-state index in [1.54, 1.807) is 0 Å². The summed E-state index contributed by atoms with van der Waals surface area (Å²) in [5.74, 6) is 0. The molecule has 1 heterocycles. The lowest BCUT2D eigenvalue weighted by molar-refractivity contribution is 0.131. The van der Waals surface area contributed by atoms with Crippen LogP contribution in [0, 0.1) is 0 Å². The van der Waals surface area contributed by atoms with Gasteiger partial charge >= 0.3 is 0 Å². The second-order valence-corrected chi connectivity index (χ2v) is 7.67. The van der Waals surface area contributed by atoms with Crippen LogP contribution in [0.1, 0.15) is 31.7 Å². The molecule has 1 aliphatic rings. The highest BCUT2D eigenvalue weighted by atomic mass is 32.2. The summed E-state index contributed by atoms with van der Waals surface area (Å²) >= 11 is 3.79. The molecule has 0 saturated carbocycles. The third kappa shape index (κ3) is 4.09. The van der Waals surface area contributed by atoms with E-state index in [-0.39, 0.29) is 0 Å². The van der Waals surface area contributed by atoms with E-state index in [1.165, 1.54) is 31.6 Å². The Labute approximate surface area is 141 Å². The molecule has 1 aliphatic heterocycles. The summed E-state index contributed by atoms with van der Waals surface area (Å²) < 4.78 is 5.54. The number of unbranched alkanes of at least 4 members (excludes halogenated alkanes) is 1. The van der Waals surface area contributed by atoms with Crippen LogP contribution in [0.15, 0.2) is 62.0 Å². The van der Waals surface area contributed by atoms with E-state index >= 15 is 0 Å². The Morgan fingerprint density at radius 2 is 1.55 bits per heavy atom. The average molecular weight is 331 g/mol. The van der Waals surface area contributed by atoms with Crippen molar-refractivity contribution in [2.45, 2.75) is 52.2 Å². The molecule has 2 aromatic carbocycles. The standard InChI is InChI=1S/C19H22OS2/c1-2-12-20-13-6-5-7-15-10-11-18-19(14-15)22-17-9-4-3-8-16(17)21-18/h3-4,8-11,14H,2,5-7,12-13H2,1H3. The first-order valence-corrected chi connectivity index (χ1v) is 9.65. The molecule has 0 radical (unpaired) electrons. The van der Waals surface area contributed by atoms with Crippen LogP contribution in [0.2, 0.25) is 0 Å². The number of ether oxygens (including phenoxy) is 1. The van der Waals surface area contributed by atoms with Crippen molar-refractivity contribution in [3.8, 4) is 0 Å². The number of hydrogen-bond acceptors (Lipinski definition) is 3.